The topological polar surface area (TPSA) is 69.0 Å². The molecule has 3 aromatic rings. The van der Waals surface area contributed by atoms with E-state index in [1.54, 1.807) is 13.2 Å². The highest BCUT2D eigenvalue weighted by atomic mass is 35.5. The molecule has 0 aliphatic carbocycles. The fourth-order valence-corrected chi connectivity index (χ4v) is 3.69. The minimum absolute atomic E-state index is 0.130. The first-order valence-electron chi connectivity index (χ1n) is 8.78. The second kappa shape index (κ2) is 9.12. The lowest BCUT2D eigenvalue weighted by Gasteiger charge is -2.10. The van der Waals surface area contributed by atoms with Crippen LogP contribution in [0.4, 0.5) is 5.69 Å². The molecule has 0 saturated carbocycles. The third-order valence-electron chi connectivity index (χ3n) is 4.17. The Balaban J connectivity index is 1.72. The molecule has 0 bridgehead atoms. The number of amides is 1. The number of aromatic nitrogens is 3. The molecule has 8 heteroatoms. The third kappa shape index (κ3) is 4.48. The van der Waals surface area contributed by atoms with Gasteiger partial charge in [-0.2, -0.15) is 0 Å². The van der Waals surface area contributed by atoms with Crippen molar-refractivity contribution in [3.8, 4) is 17.1 Å². The van der Waals surface area contributed by atoms with Crippen molar-refractivity contribution in [2.24, 2.45) is 0 Å². The lowest BCUT2D eigenvalue weighted by molar-refractivity contribution is -0.113. The second-order valence-electron chi connectivity index (χ2n) is 6.05. The molecular formula is C20H21ClN4O2S. The van der Waals surface area contributed by atoms with Crippen LogP contribution in [0, 0.1) is 6.92 Å². The van der Waals surface area contributed by atoms with Crippen LogP contribution >= 0.6 is 23.4 Å². The van der Waals surface area contributed by atoms with Crippen LogP contribution in [0.25, 0.3) is 11.4 Å². The van der Waals surface area contributed by atoms with E-state index < -0.39 is 0 Å². The van der Waals surface area contributed by atoms with E-state index in [2.05, 4.69) is 15.5 Å². The van der Waals surface area contributed by atoms with Gasteiger partial charge < -0.3 is 14.6 Å². The van der Waals surface area contributed by atoms with Crippen LogP contribution in [0.5, 0.6) is 5.75 Å². The van der Waals surface area contributed by atoms with Crippen LogP contribution in [-0.2, 0) is 11.3 Å². The van der Waals surface area contributed by atoms with Crippen LogP contribution in [0.1, 0.15) is 12.5 Å². The Morgan fingerprint density at radius 3 is 2.75 bits per heavy atom. The summed E-state index contributed by atoms with van der Waals surface area (Å²) in [6.07, 6.45) is 0. The molecule has 6 nitrogen and oxygen atoms in total. The van der Waals surface area contributed by atoms with Crippen molar-refractivity contribution < 1.29 is 9.53 Å². The maximum atomic E-state index is 12.3. The summed E-state index contributed by atoms with van der Waals surface area (Å²) >= 11 is 7.45. The van der Waals surface area contributed by atoms with E-state index in [1.165, 1.54) is 11.8 Å². The Bertz CT molecular complexity index is 990. The summed E-state index contributed by atoms with van der Waals surface area (Å²) in [4.78, 5) is 12.3. The Kier molecular flexibility index (Phi) is 6.59. The van der Waals surface area contributed by atoms with Gasteiger partial charge in [0.2, 0.25) is 5.91 Å². The number of ether oxygens (including phenoxy) is 1. The molecule has 1 N–H and O–H groups in total. The number of methoxy groups -OCH3 is 1. The first-order valence-corrected chi connectivity index (χ1v) is 10.1. The summed E-state index contributed by atoms with van der Waals surface area (Å²) in [6.45, 7) is 4.61. The first kappa shape index (κ1) is 20.2. The van der Waals surface area contributed by atoms with Crippen molar-refractivity contribution in [3.63, 3.8) is 0 Å². The van der Waals surface area contributed by atoms with E-state index in [9.17, 15) is 4.79 Å². The van der Waals surface area contributed by atoms with E-state index in [0.717, 1.165) is 16.9 Å². The summed E-state index contributed by atoms with van der Waals surface area (Å²) in [7, 11) is 1.63. The number of anilines is 1. The van der Waals surface area contributed by atoms with Gasteiger partial charge in [-0.25, -0.2) is 0 Å². The van der Waals surface area contributed by atoms with Gasteiger partial charge >= 0.3 is 0 Å². The molecule has 0 saturated heterocycles. The second-order valence-corrected chi connectivity index (χ2v) is 7.40. The fraction of sp³-hybridized carbons (Fsp3) is 0.250. The summed E-state index contributed by atoms with van der Waals surface area (Å²) in [5.74, 6) is 1.54. The Labute approximate surface area is 173 Å². The van der Waals surface area contributed by atoms with Crippen LogP contribution in [-0.4, -0.2) is 33.5 Å². The van der Waals surface area contributed by atoms with Gasteiger partial charge in [0.1, 0.15) is 5.75 Å². The van der Waals surface area contributed by atoms with Gasteiger partial charge in [-0.1, -0.05) is 41.6 Å². The maximum absolute atomic E-state index is 12.3. The number of nitrogens with zero attached hydrogens (tertiary/aromatic N) is 3. The average molecular weight is 417 g/mol. The third-order valence-corrected chi connectivity index (χ3v) is 5.54. The number of rotatable bonds is 7. The molecule has 0 radical (unpaired) electrons. The molecular weight excluding hydrogens is 396 g/mol. The summed E-state index contributed by atoms with van der Waals surface area (Å²) in [6, 6.07) is 13.1. The largest absolute Gasteiger partial charge is 0.496 e. The SMILES string of the molecule is CCn1c(SCC(=O)Nc2ccc(C)c(Cl)c2)nnc1-c1ccccc1OC. The number of thioether (sulfide) groups is 1. The number of halogens is 1. The van der Waals surface area contributed by atoms with Crippen molar-refractivity contribution in [1.29, 1.82) is 0 Å². The van der Waals surface area contributed by atoms with Gasteiger partial charge in [0.25, 0.3) is 0 Å². The summed E-state index contributed by atoms with van der Waals surface area (Å²) in [5.41, 5.74) is 2.51. The van der Waals surface area contributed by atoms with Crippen LogP contribution in [0.15, 0.2) is 47.6 Å². The lowest BCUT2D eigenvalue weighted by atomic mass is 10.2. The molecule has 0 fully saturated rings. The number of hydrogen-bond donors (Lipinski definition) is 1. The molecule has 146 valence electrons. The zero-order valence-corrected chi connectivity index (χ0v) is 17.5. The minimum atomic E-state index is -0.130. The van der Waals surface area contributed by atoms with E-state index in [0.29, 0.717) is 28.2 Å². The van der Waals surface area contributed by atoms with Crippen LogP contribution in [0.3, 0.4) is 0 Å². The molecule has 0 unspecified atom stereocenters. The van der Waals surface area contributed by atoms with E-state index >= 15 is 0 Å². The van der Waals surface area contributed by atoms with Crippen molar-refractivity contribution in [2.45, 2.75) is 25.5 Å². The smallest absolute Gasteiger partial charge is 0.234 e. The maximum Gasteiger partial charge on any atom is 0.234 e. The molecule has 1 amide bonds. The van der Waals surface area contributed by atoms with E-state index in [1.807, 2.05) is 54.8 Å². The van der Waals surface area contributed by atoms with Gasteiger partial charge in [-0.05, 0) is 43.7 Å². The molecule has 1 heterocycles. The number of nitrogens with one attached hydrogen (secondary N) is 1. The molecule has 0 spiro atoms. The van der Waals surface area contributed by atoms with Gasteiger partial charge in [-0.15, -0.1) is 10.2 Å². The van der Waals surface area contributed by atoms with Crippen molar-refractivity contribution >= 4 is 35.0 Å². The number of benzene rings is 2. The quantitative estimate of drug-likeness (QED) is 0.567. The zero-order chi connectivity index (χ0) is 20.1. The molecule has 2 aromatic carbocycles. The summed E-state index contributed by atoms with van der Waals surface area (Å²) < 4.78 is 7.40. The van der Waals surface area contributed by atoms with Crippen LogP contribution < -0.4 is 10.1 Å². The summed E-state index contributed by atoms with van der Waals surface area (Å²) in [5, 5.41) is 12.7. The highest BCUT2D eigenvalue weighted by Gasteiger charge is 2.17. The van der Waals surface area contributed by atoms with E-state index in [-0.39, 0.29) is 11.7 Å². The van der Waals surface area contributed by atoms with Gasteiger partial charge in [0.15, 0.2) is 11.0 Å². The molecule has 0 aliphatic rings. The minimum Gasteiger partial charge on any atom is -0.496 e. The van der Waals surface area contributed by atoms with Crippen molar-refractivity contribution in [2.75, 3.05) is 18.2 Å². The normalized spacial score (nSPS) is 10.7. The molecule has 28 heavy (non-hydrogen) atoms. The zero-order valence-electron chi connectivity index (χ0n) is 15.9. The lowest BCUT2D eigenvalue weighted by Crippen LogP contribution is -2.14. The Hall–Kier alpha value is -2.51. The predicted octanol–water partition coefficient (Wildman–Crippen LogP) is 4.67. The molecule has 0 atom stereocenters. The van der Waals surface area contributed by atoms with Gasteiger partial charge in [0.05, 0.1) is 18.4 Å². The van der Waals surface area contributed by atoms with Gasteiger partial charge in [-0.3, -0.25) is 4.79 Å². The van der Waals surface area contributed by atoms with Crippen molar-refractivity contribution in [1.82, 2.24) is 14.8 Å². The highest BCUT2D eigenvalue weighted by Crippen LogP contribution is 2.30. The molecule has 0 aliphatic heterocycles. The fourth-order valence-electron chi connectivity index (χ4n) is 2.71. The highest BCUT2D eigenvalue weighted by molar-refractivity contribution is 7.99. The van der Waals surface area contributed by atoms with Crippen molar-refractivity contribution in [3.05, 3.63) is 53.1 Å². The first-order chi connectivity index (χ1) is 13.5. The number of hydrogen-bond acceptors (Lipinski definition) is 5. The Morgan fingerprint density at radius 2 is 2.04 bits per heavy atom. The van der Waals surface area contributed by atoms with E-state index in [4.69, 9.17) is 16.3 Å². The average Bonchev–Trinajstić information content (AvgIpc) is 3.12. The number of carbonyl (C=O) groups is 1. The molecule has 3 rings (SSSR count). The number of carbonyl (C=O) groups excluding carboxylic acids is 1. The number of aryl methyl sites for hydroxylation is 1. The van der Waals surface area contributed by atoms with Crippen LogP contribution in [0.2, 0.25) is 5.02 Å². The molecule has 1 aromatic heterocycles. The standard InChI is InChI=1S/C20H21ClN4O2S/c1-4-25-19(15-7-5-6-8-17(15)27-3)23-24-20(25)28-12-18(26)22-14-10-9-13(2)16(21)11-14/h5-11H,4,12H2,1-3H3,(H,22,26). The Morgan fingerprint density at radius 1 is 1.25 bits per heavy atom. The number of para-hydroxylation sites is 1. The van der Waals surface area contributed by atoms with Gasteiger partial charge in [0, 0.05) is 17.3 Å². The monoisotopic (exact) mass is 416 g/mol. The predicted molar refractivity (Wildman–Crippen MR) is 113 cm³/mol.